The van der Waals surface area contributed by atoms with E-state index >= 15 is 0 Å². The Balaban J connectivity index is 2.28. The molecule has 2 aromatic carbocycles. The van der Waals surface area contributed by atoms with Crippen LogP contribution in [-0.4, -0.2) is 42.0 Å². The highest BCUT2D eigenvalue weighted by atomic mass is 19.1. The first-order valence-corrected chi connectivity index (χ1v) is 8.20. The molecular weight excluding hydrogens is 319 g/mol. The minimum absolute atomic E-state index is 0.327. The number of carboxylic acid groups (broad SMARTS) is 1. The molecule has 0 aliphatic carbocycles. The summed E-state index contributed by atoms with van der Waals surface area (Å²) < 4.78 is 13.5. The first-order valence-electron chi connectivity index (χ1n) is 8.20. The average molecular weight is 344 g/mol. The summed E-state index contributed by atoms with van der Waals surface area (Å²) >= 11 is 0. The fourth-order valence-corrected chi connectivity index (χ4v) is 2.99. The minimum atomic E-state index is -0.946. The number of halogens is 1. The van der Waals surface area contributed by atoms with Gasteiger partial charge in [0.15, 0.2) is 0 Å². The van der Waals surface area contributed by atoms with Gasteiger partial charge in [-0.15, -0.1) is 0 Å². The molecule has 0 amide bonds. The fraction of sp³-hybridized carbons (Fsp3) is 0.350. The molecule has 0 aliphatic rings. The van der Waals surface area contributed by atoms with Crippen molar-refractivity contribution in [2.75, 3.05) is 21.1 Å². The Labute approximate surface area is 148 Å². The fourth-order valence-electron chi connectivity index (χ4n) is 2.99. The van der Waals surface area contributed by atoms with E-state index in [1.807, 2.05) is 32.3 Å². The lowest BCUT2D eigenvalue weighted by Gasteiger charge is -2.26. The second kappa shape index (κ2) is 8.23. The molecule has 5 heteroatoms. The van der Waals surface area contributed by atoms with Gasteiger partial charge in [-0.2, -0.15) is 0 Å². The van der Waals surface area contributed by atoms with Gasteiger partial charge in [0.1, 0.15) is 11.9 Å². The van der Waals surface area contributed by atoms with E-state index in [0.29, 0.717) is 17.7 Å². The standard InChI is InChI=1S/C20H25FN2O2/c1-14-11-15(9-10-18(14)21)19(20(24)25)23(4)13-17-8-6-5-7-16(17)12-22(2)3/h5-11,19H,12-13H2,1-4H3,(H,24,25). The molecule has 0 spiro atoms. The Hall–Kier alpha value is -2.24. The monoisotopic (exact) mass is 344 g/mol. The van der Waals surface area contributed by atoms with E-state index in [4.69, 9.17) is 0 Å². The Morgan fingerprint density at radius 2 is 1.68 bits per heavy atom. The molecule has 1 atom stereocenters. The van der Waals surface area contributed by atoms with Gasteiger partial charge < -0.3 is 10.0 Å². The highest BCUT2D eigenvalue weighted by Crippen LogP contribution is 2.25. The lowest BCUT2D eigenvalue weighted by atomic mass is 10.0. The molecule has 0 heterocycles. The first kappa shape index (κ1) is 19.1. The normalized spacial score (nSPS) is 12.6. The number of nitrogens with zero attached hydrogens (tertiary/aromatic N) is 2. The van der Waals surface area contributed by atoms with Crippen LogP contribution in [-0.2, 0) is 17.9 Å². The van der Waals surface area contributed by atoms with Gasteiger partial charge in [-0.25, -0.2) is 4.39 Å². The summed E-state index contributed by atoms with van der Waals surface area (Å²) in [4.78, 5) is 15.7. The molecule has 0 saturated heterocycles. The van der Waals surface area contributed by atoms with Crippen molar-refractivity contribution < 1.29 is 14.3 Å². The summed E-state index contributed by atoms with van der Waals surface area (Å²) in [5.74, 6) is -1.27. The maximum atomic E-state index is 13.5. The van der Waals surface area contributed by atoms with Gasteiger partial charge in [-0.1, -0.05) is 36.4 Å². The third-order valence-electron chi connectivity index (χ3n) is 4.20. The molecule has 134 valence electrons. The highest BCUT2D eigenvalue weighted by Gasteiger charge is 2.25. The maximum absolute atomic E-state index is 13.5. The van der Waals surface area contributed by atoms with Crippen LogP contribution in [0.25, 0.3) is 0 Å². The third kappa shape index (κ3) is 4.87. The van der Waals surface area contributed by atoms with Crippen molar-refractivity contribution in [2.45, 2.75) is 26.1 Å². The van der Waals surface area contributed by atoms with Crippen molar-refractivity contribution >= 4 is 5.97 Å². The van der Waals surface area contributed by atoms with Crippen LogP contribution >= 0.6 is 0 Å². The lowest BCUT2D eigenvalue weighted by Crippen LogP contribution is -2.31. The number of carboxylic acids is 1. The van der Waals surface area contributed by atoms with Crippen LogP contribution < -0.4 is 0 Å². The predicted octanol–water partition coefficient (Wildman–Crippen LogP) is 3.45. The van der Waals surface area contributed by atoms with Crippen LogP contribution in [0.15, 0.2) is 42.5 Å². The summed E-state index contributed by atoms with van der Waals surface area (Å²) in [6.07, 6.45) is 0. The van der Waals surface area contributed by atoms with Gasteiger partial charge in [-0.05, 0) is 56.4 Å². The summed E-state index contributed by atoms with van der Waals surface area (Å²) in [6, 6.07) is 11.7. The molecular formula is C20H25FN2O2. The zero-order valence-electron chi connectivity index (χ0n) is 15.2. The van der Waals surface area contributed by atoms with Gasteiger partial charge >= 0.3 is 5.97 Å². The first-order chi connectivity index (χ1) is 11.8. The Bertz CT molecular complexity index is 746. The molecule has 4 nitrogen and oxygen atoms in total. The van der Waals surface area contributed by atoms with Gasteiger partial charge in [0.2, 0.25) is 0 Å². The van der Waals surface area contributed by atoms with E-state index in [9.17, 15) is 14.3 Å². The molecule has 0 fully saturated rings. The van der Waals surface area contributed by atoms with E-state index in [1.54, 1.807) is 31.0 Å². The molecule has 0 radical (unpaired) electrons. The van der Waals surface area contributed by atoms with E-state index in [0.717, 1.165) is 12.1 Å². The number of likely N-dealkylation sites (N-methyl/N-ethyl adjacent to an activating group) is 1. The average Bonchev–Trinajstić information content (AvgIpc) is 2.52. The van der Waals surface area contributed by atoms with Gasteiger partial charge in [0.05, 0.1) is 0 Å². The molecule has 0 bridgehead atoms. The number of rotatable bonds is 7. The summed E-state index contributed by atoms with van der Waals surface area (Å²) in [7, 11) is 5.79. The van der Waals surface area contributed by atoms with Gasteiger partial charge in [0.25, 0.3) is 0 Å². The number of aryl methyl sites for hydroxylation is 1. The van der Waals surface area contributed by atoms with Gasteiger partial charge in [0, 0.05) is 13.1 Å². The Morgan fingerprint density at radius 1 is 1.08 bits per heavy atom. The zero-order chi connectivity index (χ0) is 18.6. The predicted molar refractivity (Wildman–Crippen MR) is 96.8 cm³/mol. The van der Waals surface area contributed by atoms with Crippen LogP contribution in [0.2, 0.25) is 0 Å². The molecule has 2 aromatic rings. The third-order valence-corrected chi connectivity index (χ3v) is 4.20. The highest BCUT2D eigenvalue weighted by molar-refractivity contribution is 5.75. The second-order valence-corrected chi connectivity index (χ2v) is 6.67. The summed E-state index contributed by atoms with van der Waals surface area (Å²) in [5.41, 5.74) is 3.28. The number of carbonyl (C=O) groups is 1. The maximum Gasteiger partial charge on any atom is 0.325 e. The SMILES string of the molecule is Cc1cc(C(C(=O)O)N(C)Cc2ccccc2CN(C)C)ccc1F. The van der Waals surface area contributed by atoms with Crippen LogP contribution in [0.4, 0.5) is 4.39 Å². The van der Waals surface area contributed by atoms with Crippen molar-refractivity contribution in [1.82, 2.24) is 9.80 Å². The molecule has 0 aromatic heterocycles. The molecule has 25 heavy (non-hydrogen) atoms. The second-order valence-electron chi connectivity index (χ2n) is 6.67. The van der Waals surface area contributed by atoms with Crippen molar-refractivity contribution in [3.05, 3.63) is 70.5 Å². The molecule has 0 aliphatic heterocycles. The van der Waals surface area contributed by atoms with Crippen molar-refractivity contribution in [3.8, 4) is 0 Å². The minimum Gasteiger partial charge on any atom is -0.480 e. The van der Waals surface area contributed by atoms with Crippen LogP contribution in [0.5, 0.6) is 0 Å². The zero-order valence-corrected chi connectivity index (χ0v) is 15.2. The van der Waals surface area contributed by atoms with Crippen LogP contribution in [0.3, 0.4) is 0 Å². The van der Waals surface area contributed by atoms with Crippen molar-refractivity contribution in [1.29, 1.82) is 0 Å². The Kier molecular flexibility index (Phi) is 6.28. The molecule has 1 unspecified atom stereocenters. The van der Waals surface area contributed by atoms with Crippen LogP contribution in [0.1, 0.15) is 28.3 Å². The number of benzene rings is 2. The van der Waals surface area contributed by atoms with Crippen LogP contribution in [0, 0.1) is 12.7 Å². The number of hydrogen-bond acceptors (Lipinski definition) is 3. The summed E-state index contributed by atoms with van der Waals surface area (Å²) in [5, 5.41) is 9.71. The van der Waals surface area contributed by atoms with E-state index < -0.39 is 12.0 Å². The number of hydrogen-bond donors (Lipinski definition) is 1. The van der Waals surface area contributed by atoms with E-state index in [-0.39, 0.29) is 5.82 Å². The molecule has 1 N–H and O–H groups in total. The lowest BCUT2D eigenvalue weighted by molar-refractivity contribution is -0.143. The van der Waals surface area contributed by atoms with E-state index in [2.05, 4.69) is 11.0 Å². The largest absolute Gasteiger partial charge is 0.480 e. The van der Waals surface area contributed by atoms with Crippen molar-refractivity contribution in [2.24, 2.45) is 0 Å². The quantitative estimate of drug-likeness (QED) is 0.835. The smallest absolute Gasteiger partial charge is 0.325 e. The molecule has 0 saturated carbocycles. The van der Waals surface area contributed by atoms with Crippen molar-refractivity contribution in [3.63, 3.8) is 0 Å². The molecule has 2 rings (SSSR count). The topological polar surface area (TPSA) is 43.8 Å². The summed E-state index contributed by atoms with van der Waals surface area (Å²) in [6.45, 7) is 2.93. The van der Waals surface area contributed by atoms with Gasteiger partial charge in [-0.3, -0.25) is 9.69 Å². The number of aliphatic carboxylic acids is 1. The Morgan fingerprint density at radius 3 is 2.20 bits per heavy atom. The van der Waals surface area contributed by atoms with E-state index in [1.165, 1.54) is 11.6 Å².